The Morgan fingerprint density at radius 3 is 1.08 bits per heavy atom. The maximum Gasteiger partial charge on any atom is 0.0856 e. The summed E-state index contributed by atoms with van der Waals surface area (Å²) in [6.07, 6.45) is 0. The lowest BCUT2D eigenvalue weighted by atomic mass is 10.0. The van der Waals surface area contributed by atoms with Gasteiger partial charge in [-0.2, -0.15) is 0 Å². The Labute approximate surface area is 156 Å². The van der Waals surface area contributed by atoms with E-state index in [1.165, 1.54) is 22.5 Å². The first-order chi connectivity index (χ1) is 12.3. The normalized spacial score (nSPS) is 10.8. The highest BCUT2D eigenvalue weighted by Gasteiger charge is 2.20. The van der Waals surface area contributed by atoms with Crippen molar-refractivity contribution in [1.82, 2.24) is 0 Å². The van der Waals surface area contributed by atoms with E-state index in [4.69, 9.17) is 21.1 Å². The molecule has 6 nitrogen and oxygen atoms in total. The highest BCUT2D eigenvalue weighted by molar-refractivity contribution is 5.68. The fraction of sp³-hybridized carbons (Fsp3) is 0.400. The van der Waals surface area contributed by atoms with Gasteiger partial charge in [0.25, 0.3) is 0 Å². The van der Waals surface area contributed by atoms with Crippen LogP contribution in [0.25, 0.3) is 11.1 Å². The SMILES string of the molecule is CN(C)c1ccc(-c2ccc(N(C)C)cc2)cc1.NC(CO)(CO)CO. The van der Waals surface area contributed by atoms with Crippen molar-refractivity contribution in [3.63, 3.8) is 0 Å². The van der Waals surface area contributed by atoms with Gasteiger partial charge in [-0.1, -0.05) is 24.3 Å². The van der Waals surface area contributed by atoms with Crippen LogP contribution in [0.1, 0.15) is 0 Å². The van der Waals surface area contributed by atoms with Crippen LogP contribution >= 0.6 is 0 Å². The number of anilines is 2. The van der Waals surface area contributed by atoms with E-state index in [-0.39, 0.29) is 0 Å². The molecule has 144 valence electrons. The predicted octanol–water partition coefficient (Wildman–Crippen LogP) is 1.15. The van der Waals surface area contributed by atoms with Gasteiger partial charge in [-0.05, 0) is 35.4 Å². The average Bonchev–Trinajstić information content (AvgIpc) is 2.68. The molecule has 0 radical (unpaired) electrons. The van der Waals surface area contributed by atoms with Crippen LogP contribution in [0.5, 0.6) is 0 Å². The smallest absolute Gasteiger partial charge is 0.0856 e. The summed E-state index contributed by atoms with van der Waals surface area (Å²) in [6, 6.07) is 17.3. The highest BCUT2D eigenvalue weighted by atomic mass is 16.3. The van der Waals surface area contributed by atoms with E-state index in [1.807, 2.05) is 0 Å². The van der Waals surface area contributed by atoms with E-state index >= 15 is 0 Å². The summed E-state index contributed by atoms with van der Waals surface area (Å²) in [5.41, 5.74) is 8.90. The minimum absolute atomic E-state index is 0.403. The van der Waals surface area contributed by atoms with Crippen LogP contribution in [0.3, 0.4) is 0 Å². The van der Waals surface area contributed by atoms with Crippen molar-refractivity contribution in [3.8, 4) is 11.1 Å². The van der Waals surface area contributed by atoms with E-state index in [9.17, 15) is 0 Å². The number of rotatable bonds is 6. The van der Waals surface area contributed by atoms with Crippen molar-refractivity contribution >= 4 is 11.4 Å². The molecule has 0 unspecified atom stereocenters. The third-order valence-corrected chi connectivity index (χ3v) is 4.05. The number of aliphatic hydroxyl groups is 3. The maximum absolute atomic E-state index is 8.34. The molecular formula is C20H31N3O3. The van der Waals surface area contributed by atoms with Gasteiger partial charge in [-0.25, -0.2) is 0 Å². The van der Waals surface area contributed by atoms with Gasteiger partial charge in [-0.3, -0.25) is 0 Å². The van der Waals surface area contributed by atoms with Crippen LogP contribution < -0.4 is 15.5 Å². The second kappa shape index (κ2) is 10.1. The maximum atomic E-state index is 8.34. The van der Waals surface area contributed by atoms with E-state index in [1.54, 1.807) is 0 Å². The summed E-state index contributed by atoms with van der Waals surface area (Å²) < 4.78 is 0. The van der Waals surface area contributed by atoms with Gasteiger partial charge in [0.2, 0.25) is 0 Å². The zero-order valence-electron chi connectivity index (χ0n) is 16.1. The van der Waals surface area contributed by atoms with E-state index in [0.29, 0.717) is 0 Å². The molecule has 6 heteroatoms. The quantitative estimate of drug-likeness (QED) is 0.617. The lowest BCUT2D eigenvalue weighted by Gasteiger charge is -2.20. The molecule has 0 amide bonds. The Balaban J connectivity index is 0.000000359. The fourth-order valence-corrected chi connectivity index (χ4v) is 2.05. The second-order valence-electron chi connectivity index (χ2n) is 6.72. The van der Waals surface area contributed by atoms with Crippen LogP contribution in [0.2, 0.25) is 0 Å². The van der Waals surface area contributed by atoms with E-state index < -0.39 is 25.4 Å². The largest absolute Gasteiger partial charge is 0.394 e. The van der Waals surface area contributed by atoms with Crippen LogP contribution in [-0.4, -0.2) is 68.9 Å². The number of benzene rings is 2. The van der Waals surface area contributed by atoms with Crippen molar-refractivity contribution in [2.24, 2.45) is 5.73 Å². The predicted molar refractivity (Wildman–Crippen MR) is 109 cm³/mol. The molecule has 0 aliphatic rings. The first kappa shape index (κ1) is 21.9. The molecule has 0 aliphatic carbocycles. The van der Waals surface area contributed by atoms with Crippen LogP contribution in [0, 0.1) is 0 Å². The minimum Gasteiger partial charge on any atom is -0.394 e. The molecule has 0 spiro atoms. The summed E-state index contributed by atoms with van der Waals surface area (Å²) >= 11 is 0. The number of aliphatic hydroxyl groups excluding tert-OH is 3. The molecule has 2 aromatic carbocycles. The number of nitrogens with zero attached hydrogens (tertiary/aromatic N) is 2. The van der Waals surface area contributed by atoms with Gasteiger partial charge in [0.15, 0.2) is 0 Å². The Morgan fingerprint density at radius 2 is 0.923 bits per heavy atom. The monoisotopic (exact) mass is 361 g/mol. The van der Waals surface area contributed by atoms with Crippen molar-refractivity contribution in [2.75, 3.05) is 57.8 Å². The first-order valence-corrected chi connectivity index (χ1v) is 8.43. The van der Waals surface area contributed by atoms with Gasteiger partial charge in [-0.15, -0.1) is 0 Å². The van der Waals surface area contributed by atoms with Crippen molar-refractivity contribution in [1.29, 1.82) is 0 Å². The number of nitrogens with two attached hydrogens (primary N) is 1. The lowest BCUT2D eigenvalue weighted by Crippen LogP contribution is -2.50. The Kier molecular flexibility index (Phi) is 8.54. The molecule has 0 heterocycles. The standard InChI is InChI=1S/C16H20N2.C4H11NO3/c1-17(2)15-9-5-13(6-10-15)14-7-11-16(12-8-14)18(3)4;5-4(1-6,2-7)3-8/h5-12H,1-4H3;6-8H,1-3,5H2. The topological polar surface area (TPSA) is 93.2 Å². The zero-order chi connectivity index (χ0) is 19.7. The number of hydrogen-bond donors (Lipinski definition) is 4. The summed E-state index contributed by atoms with van der Waals surface area (Å²) in [5.74, 6) is 0. The van der Waals surface area contributed by atoms with E-state index in [0.717, 1.165) is 0 Å². The van der Waals surface area contributed by atoms with Gasteiger partial charge in [0, 0.05) is 39.6 Å². The van der Waals surface area contributed by atoms with Crippen molar-refractivity contribution < 1.29 is 15.3 Å². The fourth-order valence-electron chi connectivity index (χ4n) is 2.05. The Hall–Kier alpha value is -2.12. The molecule has 26 heavy (non-hydrogen) atoms. The summed E-state index contributed by atoms with van der Waals surface area (Å²) in [7, 11) is 8.23. The molecule has 5 N–H and O–H groups in total. The average molecular weight is 361 g/mol. The molecule has 0 bridgehead atoms. The molecule has 0 atom stereocenters. The van der Waals surface area contributed by atoms with Crippen LogP contribution in [0.15, 0.2) is 48.5 Å². The van der Waals surface area contributed by atoms with Gasteiger partial charge < -0.3 is 30.9 Å². The second-order valence-corrected chi connectivity index (χ2v) is 6.72. The molecule has 0 saturated heterocycles. The van der Waals surface area contributed by atoms with E-state index in [2.05, 4.69) is 86.5 Å². The summed E-state index contributed by atoms with van der Waals surface area (Å²) in [5, 5.41) is 25.0. The van der Waals surface area contributed by atoms with Gasteiger partial charge in [0.1, 0.15) is 0 Å². The third-order valence-electron chi connectivity index (χ3n) is 4.05. The molecular weight excluding hydrogens is 330 g/mol. The van der Waals surface area contributed by atoms with Crippen molar-refractivity contribution in [3.05, 3.63) is 48.5 Å². The Morgan fingerprint density at radius 1 is 0.654 bits per heavy atom. The molecule has 2 aromatic rings. The zero-order valence-corrected chi connectivity index (χ0v) is 16.1. The van der Waals surface area contributed by atoms with Crippen molar-refractivity contribution in [2.45, 2.75) is 5.54 Å². The minimum atomic E-state index is -1.21. The molecule has 0 aliphatic heterocycles. The van der Waals surface area contributed by atoms with Gasteiger partial charge >= 0.3 is 0 Å². The highest BCUT2D eigenvalue weighted by Crippen LogP contribution is 2.24. The first-order valence-electron chi connectivity index (χ1n) is 8.43. The van der Waals surface area contributed by atoms with Gasteiger partial charge in [0.05, 0.1) is 25.4 Å². The lowest BCUT2D eigenvalue weighted by molar-refractivity contribution is 0.0698. The molecule has 0 saturated carbocycles. The molecule has 0 fully saturated rings. The van der Waals surface area contributed by atoms with Crippen LogP contribution in [0.4, 0.5) is 11.4 Å². The Bertz CT molecular complexity index is 579. The molecule has 0 aromatic heterocycles. The summed E-state index contributed by atoms with van der Waals surface area (Å²) in [6.45, 7) is -1.21. The third kappa shape index (κ3) is 6.31. The number of hydrogen-bond acceptors (Lipinski definition) is 6. The summed E-state index contributed by atoms with van der Waals surface area (Å²) in [4.78, 5) is 4.22. The molecule has 2 rings (SSSR count). The van der Waals surface area contributed by atoms with Crippen LogP contribution in [-0.2, 0) is 0 Å².